The first kappa shape index (κ1) is 33.4. The van der Waals surface area contributed by atoms with Gasteiger partial charge in [-0.1, -0.05) is 6.07 Å². The van der Waals surface area contributed by atoms with E-state index >= 15 is 0 Å². The highest BCUT2D eigenvalue weighted by Gasteiger charge is 2.76. The lowest BCUT2D eigenvalue weighted by molar-refractivity contribution is -0.138. The number of aromatic carboxylic acids is 1. The molecule has 260 valence electrons. The van der Waals surface area contributed by atoms with E-state index in [2.05, 4.69) is 4.98 Å². The Hall–Kier alpha value is -5.14. The zero-order valence-corrected chi connectivity index (χ0v) is 26.5. The van der Waals surface area contributed by atoms with Crippen LogP contribution in [-0.4, -0.2) is 39.7 Å². The second kappa shape index (κ2) is 11.2. The number of amides is 1. The molecule has 0 radical (unpaired) electrons. The van der Waals surface area contributed by atoms with Crippen LogP contribution in [0.4, 0.5) is 35.5 Å². The van der Waals surface area contributed by atoms with Crippen molar-refractivity contribution in [2.45, 2.75) is 56.7 Å². The van der Waals surface area contributed by atoms with Crippen molar-refractivity contribution in [3.63, 3.8) is 0 Å². The Morgan fingerprint density at radius 2 is 1.64 bits per heavy atom. The zero-order chi connectivity index (χ0) is 36.1. The highest BCUT2D eigenvalue weighted by Crippen LogP contribution is 2.71. The van der Waals surface area contributed by atoms with Crippen LogP contribution in [0.2, 0.25) is 0 Å². The maximum atomic E-state index is 14.5. The fourth-order valence-electron chi connectivity index (χ4n) is 7.88. The van der Waals surface area contributed by atoms with Crippen molar-refractivity contribution >= 4 is 12.1 Å². The highest BCUT2D eigenvalue weighted by molar-refractivity contribution is 5.90. The van der Waals surface area contributed by atoms with Crippen LogP contribution < -0.4 is 4.74 Å². The third-order valence-electron chi connectivity index (χ3n) is 9.95. The Balaban J connectivity index is 1.36. The van der Waals surface area contributed by atoms with E-state index < -0.39 is 59.0 Å². The van der Waals surface area contributed by atoms with E-state index in [0.29, 0.717) is 34.7 Å². The molecule has 7 rings (SSSR count). The molecule has 3 fully saturated rings. The summed E-state index contributed by atoms with van der Waals surface area (Å²) in [6.07, 6.45) is -9.89. The first-order valence-corrected chi connectivity index (χ1v) is 15.4. The van der Waals surface area contributed by atoms with Gasteiger partial charge in [-0.25, -0.2) is 19.0 Å². The average molecular weight is 701 g/mol. The summed E-state index contributed by atoms with van der Waals surface area (Å²) < 4.78 is 109. The number of aromatic nitrogens is 1. The standard InChI is InChI=1S/C36H27F7N2O5/c1-16-6-19(32(46)47)7-17(2)29(16)20-10-27(31(49-3)44-15-20)25-5-4-21(35(38,39)40)12-26(25)28-13-23-14-34(23)30(50-33(48)45(28)34)18-8-22(36(41,42)43)11-24(37)9-18/h4-12,15,23,28,30H,13-14H2,1-3H3,(H,46,47)/t23?,28-,30+,34+/m0/s1. The molecule has 3 aromatic carbocycles. The molecule has 0 bridgehead atoms. The predicted molar refractivity (Wildman–Crippen MR) is 164 cm³/mol. The molecule has 3 heterocycles. The molecular formula is C36H27F7N2O5. The van der Waals surface area contributed by atoms with E-state index in [1.165, 1.54) is 36.4 Å². The number of rotatable bonds is 6. The molecule has 14 heteroatoms. The van der Waals surface area contributed by atoms with Crippen molar-refractivity contribution in [2.75, 3.05) is 7.11 Å². The Labute approximate surface area is 280 Å². The average Bonchev–Trinajstić information content (AvgIpc) is 3.51. The third-order valence-corrected chi connectivity index (χ3v) is 9.95. The minimum absolute atomic E-state index is 0.0615. The van der Waals surface area contributed by atoms with E-state index in [1.54, 1.807) is 19.9 Å². The van der Waals surface area contributed by atoms with Crippen molar-refractivity contribution in [3.8, 4) is 28.1 Å². The summed E-state index contributed by atoms with van der Waals surface area (Å²) in [5, 5.41) is 9.50. The molecule has 4 atom stereocenters. The number of piperidine rings is 1. The number of aryl methyl sites for hydroxylation is 2. The first-order valence-electron chi connectivity index (χ1n) is 15.4. The van der Waals surface area contributed by atoms with E-state index in [0.717, 1.165) is 24.3 Å². The number of ether oxygens (including phenoxy) is 2. The smallest absolute Gasteiger partial charge is 0.416 e. The van der Waals surface area contributed by atoms with Crippen LogP contribution in [0.25, 0.3) is 22.3 Å². The van der Waals surface area contributed by atoms with Crippen LogP contribution in [0.3, 0.4) is 0 Å². The van der Waals surface area contributed by atoms with Gasteiger partial charge < -0.3 is 14.6 Å². The van der Waals surface area contributed by atoms with Gasteiger partial charge in [-0.15, -0.1) is 0 Å². The summed E-state index contributed by atoms with van der Waals surface area (Å²) in [6.45, 7) is 3.44. The van der Waals surface area contributed by atoms with E-state index in [9.17, 15) is 45.4 Å². The number of hydrogen-bond donors (Lipinski definition) is 1. The maximum Gasteiger partial charge on any atom is 0.416 e. The van der Waals surface area contributed by atoms with Crippen LogP contribution in [0.5, 0.6) is 5.88 Å². The lowest BCUT2D eigenvalue weighted by atomic mass is 9.89. The molecule has 50 heavy (non-hydrogen) atoms. The second-order valence-corrected chi connectivity index (χ2v) is 12.9. The van der Waals surface area contributed by atoms with Gasteiger partial charge in [0.05, 0.1) is 35.4 Å². The Kier molecular flexibility index (Phi) is 7.47. The van der Waals surface area contributed by atoms with Crippen LogP contribution in [0.1, 0.15) is 68.7 Å². The number of carbonyl (C=O) groups is 2. The third kappa shape index (κ3) is 5.23. The summed E-state index contributed by atoms with van der Waals surface area (Å²) in [4.78, 5) is 30.9. The Morgan fingerprint density at radius 3 is 2.26 bits per heavy atom. The van der Waals surface area contributed by atoms with Crippen molar-refractivity contribution in [2.24, 2.45) is 5.92 Å². The molecule has 7 nitrogen and oxygen atoms in total. The number of halogens is 7. The second-order valence-electron chi connectivity index (χ2n) is 12.9. The number of hydrogen-bond acceptors (Lipinski definition) is 5. The molecule has 3 aliphatic rings. The van der Waals surface area contributed by atoms with E-state index in [4.69, 9.17) is 9.47 Å². The van der Waals surface area contributed by atoms with Gasteiger partial charge in [-0.05, 0) is 115 Å². The number of methoxy groups -OCH3 is 1. The maximum absolute atomic E-state index is 14.5. The largest absolute Gasteiger partial charge is 0.481 e. The zero-order valence-electron chi connectivity index (χ0n) is 26.5. The number of cyclic esters (lactones) is 1. The van der Waals surface area contributed by atoms with Crippen molar-refractivity contribution in [1.29, 1.82) is 0 Å². The van der Waals surface area contributed by atoms with Gasteiger partial charge in [0.15, 0.2) is 6.10 Å². The predicted octanol–water partition coefficient (Wildman–Crippen LogP) is 9.31. The number of nitrogens with zero attached hydrogens (tertiary/aromatic N) is 2. The number of carboxylic acids is 1. The van der Waals surface area contributed by atoms with Gasteiger partial charge in [-0.2, -0.15) is 26.3 Å². The molecule has 1 unspecified atom stereocenters. The van der Waals surface area contributed by atoms with Crippen LogP contribution >= 0.6 is 0 Å². The minimum atomic E-state index is -4.87. The lowest BCUT2D eigenvalue weighted by Gasteiger charge is -2.29. The quantitative estimate of drug-likeness (QED) is 0.202. The summed E-state index contributed by atoms with van der Waals surface area (Å²) in [7, 11) is 1.34. The molecule has 1 N–H and O–H groups in total. The molecular weight excluding hydrogens is 673 g/mol. The van der Waals surface area contributed by atoms with Crippen LogP contribution in [0, 0.1) is 25.6 Å². The van der Waals surface area contributed by atoms with Crippen LogP contribution in [0.15, 0.2) is 60.8 Å². The fourth-order valence-corrected chi connectivity index (χ4v) is 7.88. The van der Waals surface area contributed by atoms with Gasteiger partial charge >= 0.3 is 24.4 Å². The first-order chi connectivity index (χ1) is 23.4. The van der Waals surface area contributed by atoms with Gasteiger partial charge in [0, 0.05) is 17.3 Å². The Bertz CT molecular complexity index is 2070. The van der Waals surface area contributed by atoms with Crippen molar-refractivity contribution in [1.82, 2.24) is 9.88 Å². The molecule has 1 saturated carbocycles. The number of benzene rings is 3. The van der Waals surface area contributed by atoms with E-state index in [1.807, 2.05) is 0 Å². The van der Waals surface area contributed by atoms with Gasteiger partial charge in [-0.3, -0.25) is 4.90 Å². The molecule has 1 aliphatic carbocycles. The minimum Gasteiger partial charge on any atom is -0.481 e. The summed E-state index contributed by atoms with van der Waals surface area (Å²) >= 11 is 0. The molecule has 1 amide bonds. The monoisotopic (exact) mass is 700 g/mol. The SMILES string of the molecule is COc1ncc(-c2c(C)cc(C(=O)O)cc2C)cc1-c1ccc(C(F)(F)F)cc1[C@@H]1CC2C[C@]23[C@@H](c2cc(F)cc(C(F)(F)F)c2)OC(=O)N13. The van der Waals surface area contributed by atoms with Crippen molar-refractivity contribution < 1.29 is 54.9 Å². The van der Waals surface area contributed by atoms with Crippen molar-refractivity contribution in [3.05, 3.63) is 106 Å². The normalized spacial score (nSPS) is 22.6. The summed E-state index contributed by atoms with van der Waals surface area (Å²) in [5.41, 5.74) is -0.520. The van der Waals surface area contributed by atoms with Gasteiger partial charge in [0.25, 0.3) is 0 Å². The number of alkyl halides is 6. The molecule has 1 aromatic heterocycles. The summed E-state index contributed by atoms with van der Waals surface area (Å²) in [6, 6.07) is 8.69. The molecule has 1 spiro atoms. The van der Waals surface area contributed by atoms with Gasteiger partial charge in [0.2, 0.25) is 5.88 Å². The number of carboxylic acid groups (broad SMARTS) is 1. The topological polar surface area (TPSA) is 89.0 Å². The number of pyridine rings is 1. The van der Waals surface area contributed by atoms with Crippen LogP contribution in [-0.2, 0) is 17.1 Å². The molecule has 4 aromatic rings. The van der Waals surface area contributed by atoms with Gasteiger partial charge in [0.1, 0.15) is 5.82 Å². The molecule has 2 saturated heterocycles. The van der Waals surface area contributed by atoms with E-state index in [-0.39, 0.29) is 46.0 Å². The summed E-state index contributed by atoms with van der Waals surface area (Å²) in [5.74, 6) is -2.58. The highest BCUT2D eigenvalue weighted by atomic mass is 19.4. The lowest BCUT2D eigenvalue weighted by Crippen LogP contribution is -2.36. The number of carbonyl (C=O) groups excluding carboxylic acids is 1. The fraction of sp³-hybridized carbons (Fsp3) is 0.306. The molecule has 2 aliphatic heterocycles. The Morgan fingerprint density at radius 1 is 0.960 bits per heavy atom.